The number of nitrogen functional groups attached to an aromatic ring is 1. The first-order valence-electron chi connectivity index (χ1n) is 6.40. The van der Waals surface area contributed by atoms with E-state index < -0.39 is 0 Å². The molecule has 0 spiro atoms. The van der Waals surface area contributed by atoms with Crippen LogP contribution in [0.3, 0.4) is 0 Å². The zero-order chi connectivity index (χ0) is 14.4. The molecule has 0 atom stereocenters. The normalized spacial score (nSPS) is 10.8. The predicted molar refractivity (Wildman–Crippen MR) is 80.1 cm³/mol. The summed E-state index contributed by atoms with van der Waals surface area (Å²) in [5, 5.41) is 0.632. The fraction of sp³-hybridized carbons (Fsp3) is 0.500. The number of anilines is 1. The molecule has 0 saturated carbocycles. The zero-order valence-corrected chi connectivity index (χ0v) is 12.6. The van der Waals surface area contributed by atoms with Crippen LogP contribution in [0.15, 0.2) is 18.2 Å². The van der Waals surface area contributed by atoms with Crippen molar-refractivity contribution in [2.45, 2.75) is 19.9 Å². The van der Waals surface area contributed by atoms with E-state index in [0.29, 0.717) is 23.8 Å². The molecule has 0 aromatic heterocycles. The molecule has 2 N–H and O–H groups in total. The fourth-order valence-corrected chi connectivity index (χ4v) is 1.99. The van der Waals surface area contributed by atoms with Crippen LogP contribution < -0.4 is 5.73 Å². The summed E-state index contributed by atoms with van der Waals surface area (Å²) >= 11 is 5.89. The third-order valence-electron chi connectivity index (χ3n) is 2.90. The minimum absolute atomic E-state index is 0.0981. The van der Waals surface area contributed by atoms with E-state index in [0.717, 1.165) is 18.5 Å². The highest BCUT2D eigenvalue weighted by atomic mass is 35.5. The van der Waals surface area contributed by atoms with E-state index in [9.17, 15) is 4.79 Å². The Bertz CT molecular complexity index is 435. The van der Waals surface area contributed by atoms with Gasteiger partial charge in [0, 0.05) is 31.4 Å². The van der Waals surface area contributed by atoms with Crippen molar-refractivity contribution in [1.29, 1.82) is 0 Å². The quantitative estimate of drug-likeness (QED) is 0.815. The number of nitrogens with zero attached hydrogens (tertiary/aromatic N) is 2. The molecule has 0 radical (unpaired) electrons. The third-order valence-corrected chi connectivity index (χ3v) is 3.13. The van der Waals surface area contributed by atoms with Crippen LogP contribution in [0, 0.1) is 0 Å². The largest absolute Gasteiger partial charge is 0.398 e. The standard InChI is InChI=1S/C14H22ClN3O/c1-4-7-18(10-14(19)17(2)3)9-11-5-6-12(15)8-13(11)16/h5-6,8H,4,7,9-10,16H2,1-3H3. The first kappa shape index (κ1) is 15.8. The van der Waals surface area contributed by atoms with Crippen molar-refractivity contribution in [3.8, 4) is 0 Å². The van der Waals surface area contributed by atoms with Crippen molar-refractivity contribution in [3.63, 3.8) is 0 Å². The Balaban J connectivity index is 2.74. The van der Waals surface area contributed by atoms with Gasteiger partial charge < -0.3 is 10.6 Å². The maximum Gasteiger partial charge on any atom is 0.236 e. The highest BCUT2D eigenvalue weighted by Gasteiger charge is 2.13. The molecule has 0 saturated heterocycles. The zero-order valence-electron chi connectivity index (χ0n) is 11.8. The Morgan fingerprint density at radius 3 is 2.58 bits per heavy atom. The molecule has 0 aliphatic carbocycles. The molecule has 1 aromatic rings. The molecule has 0 aliphatic rings. The number of amides is 1. The van der Waals surface area contributed by atoms with E-state index >= 15 is 0 Å². The Morgan fingerprint density at radius 2 is 2.05 bits per heavy atom. The number of nitrogens with two attached hydrogens (primary N) is 1. The highest BCUT2D eigenvalue weighted by Crippen LogP contribution is 2.19. The number of benzene rings is 1. The van der Waals surface area contributed by atoms with Crippen LogP contribution in [0.5, 0.6) is 0 Å². The SMILES string of the molecule is CCCN(CC(=O)N(C)C)Cc1ccc(Cl)cc1N. The lowest BCUT2D eigenvalue weighted by Gasteiger charge is -2.23. The van der Waals surface area contributed by atoms with Crippen LogP contribution in [0.4, 0.5) is 5.69 Å². The lowest BCUT2D eigenvalue weighted by Crippen LogP contribution is -2.36. The van der Waals surface area contributed by atoms with E-state index in [1.807, 2.05) is 12.1 Å². The smallest absolute Gasteiger partial charge is 0.236 e. The van der Waals surface area contributed by atoms with Gasteiger partial charge in [0.25, 0.3) is 0 Å². The Hall–Kier alpha value is -1.26. The van der Waals surface area contributed by atoms with Crippen molar-refractivity contribution < 1.29 is 4.79 Å². The Kier molecular flexibility index (Phi) is 6.12. The average molecular weight is 284 g/mol. The number of hydrogen-bond acceptors (Lipinski definition) is 3. The predicted octanol–water partition coefficient (Wildman–Crippen LogP) is 2.22. The molecule has 1 aromatic carbocycles. The van der Waals surface area contributed by atoms with Crippen LogP contribution in [0.1, 0.15) is 18.9 Å². The summed E-state index contributed by atoms with van der Waals surface area (Å²) in [6, 6.07) is 5.49. The summed E-state index contributed by atoms with van der Waals surface area (Å²) in [5.41, 5.74) is 7.63. The number of hydrogen-bond donors (Lipinski definition) is 1. The first-order chi connectivity index (χ1) is 8.93. The number of likely N-dealkylation sites (N-methyl/N-ethyl adjacent to an activating group) is 1. The van der Waals surface area contributed by atoms with Crippen LogP contribution in [0.25, 0.3) is 0 Å². The van der Waals surface area contributed by atoms with Crippen molar-refractivity contribution in [2.24, 2.45) is 0 Å². The number of halogens is 1. The second kappa shape index (κ2) is 7.36. The van der Waals surface area contributed by atoms with Gasteiger partial charge in [-0.25, -0.2) is 0 Å². The van der Waals surface area contributed by atoms with Crippen LogP contribution in [-0.4, -0.2) is 42.9 Å². The van der Waals surface area contributed by atoms with Gasteiger partial charge in [-0.1, -0.05) is 24.6 Å². The number of carbonyl (C=O) groups excluding carboxylic acids is 1. The van der Waals surface area contributed by atoms with Gasteiger partial charge in [-0.15, -0.1) is 0 Å². The van der Waals surface area contributed by atoms with Crippen molar-refractivity contribution >= 4 is 23.2 Å². The second-order valence-corrected chi connectivity index (χ2v) is 5.28. The molecule has 0 bridgehead atoms. The van der Waals surface area contributed by atoms with Crippen LogP contribution in [-0.2, 0) is 11.3 Å². The monoisotopic (exact) mass is 283 g/mol. The average Bonchev–Trinajstić information content (AvgIpc) is 2.32. The van der Waals surface area contributed by atoms with E-state index in [4.69, 9.17) is 17.3 Å². The topological polar surface area (TPSA) is 49.6 Å². The second-order valence-electron chi connectivity index (χ2n) is 4.84. The molecule has 1 amide bonds. The summed E-state index contributed by atoms with van der Waals surface area (Å²) in [6.45, 7) is 4.03. The first-order valence-corrected chi connectivity index (χ1v) is 6.78. The van der Waals surface area contributed by atoms with Gasteiger partial charge in [0.05, 0.1) is 6.54 Å². The van der Waals surface area contributed by atoms with Gasteiger partial charge in [-0.3, -0.25) is 9.69 Å². The summed E-state index contributed by atoms with van der Waals surface area (Å²) in [4.78, 5) is 15.5. The third kappa shape index (κ3) is 5.09. The summed E-state index contributed by atoms with van der Waals surface area (Å²) in [5.74, 6) is 0.0981. The maximum atomic E-state index is 11.8. The molecule has 4 nitrogen and oxygen atoms in total. The van der Waals surface area contributed by atoms with Crippen molar-refractivity contribution in [3.05, 3.63) is 28.8 Å². The van der Waals surface area contributed by atoms with E-state index in [1.165, 1.54) is 0 Å². The highest BCUT2D eigenvalue weighted by molar-refractivity contribution is 6.30. The molecule has 0 heterocycles. The lowest BCUT2D eigenvalue weighted by molar-refractivity contribution is -0.130. The molecule has 0 unspecified atom stereocenters. The Morgan fingerprint density at radius 1 is 1.37 bits per heavy atom. The summed E-state index contributed by atoms with van der Waals surface area (Å²) < 4.78 is 0. The molecule has 19 heavy (non-hydrogen) atoms. The van der Waals surface area contributed by atoms with E-state index in [1.54, 1.807) is 25.1 Å². The molecule has 106 valence electrons. The number of rotatable bonds is 6. The molecular weight excluding hydrogens is 262 g/mol. The van der Waals surface area contributed by atoms with Crippen molar-refractivity contribution in [1.82, 2.24) is 9.80 Å². The van der Waals surface area contributed by atoms with Crippen molar-refractivity contribution in [2.75, 3.05) is 32.9 Å². The van der Waals surface area contributed by atoms with E-state index in [-0.39, 0.29) is 5.91 Å². The van der Waals surface area contributed by atoms with Gasteiger partial charge in [-0.2, -0.15) is 0 Å². The van der Waals surface area contributed by atoms with E-state index in [2.05, 4.69) is 11.8 Å². The number of carbonyl (C=O) groups is 1. The summed E-state index contributed by atoms with van der Waals surface area (Å²) in [6.07, 6.45) is 0.994. The van der Waals surface area contributed by atoms with Gasteiger partial charge in [0.15, 0.2) is 0 Å². The maximum absolute atomic E-state index is 11.8. The molecule has 1 rings (SSSR count). The van der Waals surface area contributed by atoms with Gasteiger partial charge >= 0.3 is 0 Å². The molecular formula is C14H22ClN3O. The van der Waals surface area contributed by atoms with Gasteiger partial charge in [-0.05, 0) is 30.7 Å². The van der Waals surface area contributed by atoms with Crippen LogP contribution >= 0.6 is 11.6 Å². The van der Waals surface area contributed by atoms with Gasteiger partial charge in [0.1, 0.15) is 0 Å². The van der Waals surface area contributed by atoms with Gasteiger partial charge in [0.2, 0.25) is 5.91 Å². The minimum atomic E-state index is 0.0981. The lowest BCUT2D eigenvalue weighted by atomic mass is 10.1. The minimum Gasteiger partial charge on any atom is -0.398 e. The fourth-order valence-electron chi connectivity index (χ4n) is 1.81. The Labute approximate surface area is 120 Å². The summed E-state index contributed by atoms with van der Waals surface area (Å²) in [7, 11) is 3.53. The van der Waals surface area contributed by atoms with Crippen LogP contribution in [0.2, 0.25) is 5.02 Å². The molecule has 0 fully saturated rings. The molecule has 5 heteroatoms. The molecule has 0 aliphatic heterocycles.